The van der Waals surface area contributed by atoms with Crippen molar-refractivity contribution in [2.75, 3.05) is 32.8 Å². The maximum absolute atomic E-state index is 15.2. The molecule has 0 radical (unpaired) electrons. The smallest absolute Gasteiger partial charge is 0.248 e. The molecule has 1 aromatic heterocycles. The number of hydrogen-bond acceptors (Lipinski definition) is 7. The van der Waals surface area contributed by atoms with E-state index in [4.69, 9.17) is 11.5 Å². The number of aliphatic hydroxyl groups is 1. The van der Waals surface area contributed by atoms with Gasteiger partial charge in [0.05, 0.1) is 12.1 Å². The molecule has 3 atom stereocenters. The van der Waals surface area contributed by atoms with Gasteiger partial charge < -0.3 is 42.0 Å². The molecular formula is C41H62FN7O5. The van der Waals surface area contributed by atoms with Crippen molar-refractivity contribution in [3.05, 3.63) is 83.4 Å². The lowest BCUT2D eigenvalue weighted by Crippen LogP contribution is -2.49. The Kier molecular flexibility index (Phi) is 19.1. The number of halogens is 1. The molecule has 8 N–H and O–H groups in total. The highest BCUT2D eigenvalue weighted by Gasteiger charge is 2.37. The van der Waals surface area contributed by atoms with Crippen LogP contribution < -0.4 is 27.4 Å². The summed E-state index contributed by atoms with van der Waals surface area (Å²) in [6, 6.07) is 14.3. The van der Waals surface area contributed by atoms with Gasteiger partial charge >= 0.3 is 0 Å². The summed E-state index contributed by atoms with van der Waals surface area (Å²) in [4.78, 5) is 52.2. The van der Waals surface area contributed by atoms with Crippen molar-refractivity contribution in [1.29, 1.82) is 0 Å². The molecule has 0 saturated carbocycles. The van der Waals surface area contributed by atoms with E-state index in [2.05, 4.69) is 16.0 Å². The Morgan fingerprint density at radius 2 is 1.59 bits per heavy atom. The van der Waals surface area contributed by atoms with E-state index < -0.39 is 42.0 Å². The second-order valence-corrected chi connectivity index (χ2v) is 14.3. The van der Waals surface area contributed by atoms with E-state index in [0.717, 1.165) is 23.2 Å². The summed E-state index contributed by atoms with van der Waals surface area (Å²) in [5.41, 5.74) is 15.0. The standard InChI is InChI=1S/C39H56FN7O5.C2H6/c1-26-14-15-31(40)30(21-26)29-22-34(46(24-29)23-28-11-7-6-8-12-28)36(39(3,4)5)47(35(50)25-48)20-16-32(42)37(51)43-18-19-44-38(52)33(45-27(2)49)13-9-10-17-41;1-2/h6-8,11-12,14-15,21-22,24,32-33,36,48H,9-10,13,16-20,23,25,41-42H2,1-5H3,(H,43,51)(H,44,52)(H,45,49);1-2H3. The highest BCUT2D eigenvalue weighted by atomic mass is 19.1. The van der Waals surface area contributed by atoms with Crippen molar-refractivity contribution in [3.8, 4) is 11.1 Å². The van der Waals surface area contributed by atoms with Gasteiger partial charge in [-0.1, -0.05) is 76.6 Å². The van der Waals surface area contributed by atoms with Gasteiger partial charge in [-0.2, -0.15) is 0 Å². The molecule has 0 aliphatic carbocycles. The molecule has 2 aromatic carbocycles. The van der Waals surface area contributed by atoms with Gasteiger partial charge in [-0.05, 0) is 68.3 Å². The van der Waals surface area contributed by atoms with Crippen LogP contribution in [0.4, 0.5) is 4.39 Å². The maximum atomic E-state index is 15.2. The number of benzene rings is 2. The van der Waals surface area contributed by atoms with Gasteiger partial charge in [0.2, 0.25) is 23.6 Å². The number of aryl methyl sites for hydroxylation is 1. The van der Waals surface area contributed by atoms with Gasteiger partial charge in [0.1, 0.15) is 18.5 Å². The summed E-state index contributed by atoms with van der Waals surface area (Å²) >= 11 is 0. The minimum atomic E-state index is -0.998. The number of hydrogen-bond donors (Lipinski definition) is 6. The minimum absolute atomic E-state index is 0.0541. The van der Waals surface area contributed by atoms with E-state index in [-0.39, 0.29) is 43.7 Å². The van der Waals surface area contributed by atoms with Crippen molar-refractivity contribution in [1.82, 2.24) is 25.4 Å². The van der Waals surface area contributed by atoms with Crippen LogP contribution in [0, 0.1) is 18.2 Å². The van der Waals surface area contributed by atoms with Crippen LogP contribution in [-0.4, -0.2) is 83.1 Å². The van der Waals surface area contributed by atoms with E-state index in [0.29, 0.717) is 37.1 Å². The van der Waals surface area contributed by atoms with Crippen molar-refractivity contribution < 1.29 is 28.7 Å². The van der Waals surface area contributed by atoms with Crippen molar-refractivity contribution in [2.45, 2.75) is 98.8 Å². The van der Waals surface area contributed by atoms with Gasteiger partial charge in [-0.3, -0.25) is 19.2 Å². The van der Waals surface area contributed by atoms with Crippen LogP contribution in [0.3, 0.4) is 0 Å². The van der Waals surface area contributed by atoms with E-state index >= 15 is 4.39 Å². The van der Waals surface area contributed by atoms with Crippen LogP contribution in [0.25, 0.3) is 11.1 Å². The molecule has 3 aromatic rings. The van der Waals surface area contributed by atoms with Gasteiger partial charge in [0.25, 0.3) is 0 Å². The fourth-order valence-electron chi connectivity index (χ4n) is 6.28. The number of nitrogens with one attached hydrogen (secondary N) is 3. The number of nitrogens with two attached hydrogens (primary N) is 2. The molecule has 1 heterocycles. The Labute approximate surface area is 320 Å². The van der Waals surface area contributed by atoms with Crippen LogP contribution in [0.2, 0.25) is 0 Å². The zero-order valence-electron chi connectivity index (χ0n) is 33.1. The summed E-state index contributed by atoms with van der Waals surface area (Å²) < 4.78 is 17.2. The quantitative estimate of drug-likeness (QED) is 0.0994. The minimum Gasteiger partial charge on any atom is -0.387 e. The first-order valence-electron chi connectivity index (χ1n) is 18.8. The normalized spacial score (nSPS) is 12.8. The van der Waals surface area contributed by atoms with Crippen LogP contribution in [0.5, 0.6) is 0 Å². The number of amides is 4. The van der Waals surface area contributed by atoms with E-state index in [1.54, 1.807) is 17.0 Å². The Hall–Kier alpha value is -4.59. The highest BCUT2D eigenvalue weighted by Crippen LogP contribution is 2.41. The average Bonchev–Trinajstić information content (AvgIpc) is 3.54. The van der Waals surface area contributed by atoms with Gasteiger partial charge in [0, 0.05) is 56.1 Å². The van der Waals surface area contributed by atoms with Crippen LogP contribution in [0.1, 0.15) is 90.1 Å². The molecule has 54 heavy (non-hydrogen) atoms. The maximum Gasteiger partial charge on any atom is 0.248 e. The molecule has 0 aliphatic rings. The number of unbranched alkanes of at least 4 members (excludes halogenated alkanes) is 1. The molecule has 3 unspecified atom stereocenters. The zero-order valence-corrected chi connectivity index (χ0v) is 33.1. The predicted molar refractivity (Wildman–Crippen MR) is 212 cm³/mol. The lowest BCUT2D eigenvalue weighted by molar-refractivity contribution is -0.140. The van der Waals surface area contributed by atoms with Gasteiger partial charge in [-0.25, -0.2) is 4.39 Å². The van der Waals surface area contributed by atoms with Crippen LogP contribution >= 0.6 is 0 Å². The number of carbonyl (C=O) groups excluding carboxylic acids is 4. The first kappa shape index (κ1) is 45.6. The number of rotatable bonds is 19. The van der Waals surface area contributed by atoms with Crippen molar-refractivity contribution >= 4 is 23.6 Å². The topological polar surface area (TPSA) is 185 Å². The molecule has 0 saturated heterocycles. The van der Waals surface area contributed by atoms with Gasteiger partial charge in [0.15, 0.2) is 0 Å². The first-order chi connectivity index (χ1) is 25.7. The van der Waals surface area contributed by atoms with Crippen molar-refractivity contribution in [3.63, 3.8) is 0 Å². The molecule has 298 valence electrons. The number of aliphatic hydroxyl groups excluding tert-OH is 1. The third kappa shape index (κ3) is 14.0. The third-order valence-electron chi connectivity index (χ3n) is 8.81. The second kappa shape index (κ2) is 22.6. The summed E-state index contributed by atoms with van der Waals surface area (Å²) in [7, 11) is 0. The van der Waals surface area contributed by atoms with Crippen LogP contribution in [0.15, 0.2) is 60.8 Å². The Morgan fingerprint density at radius 3 is 2.19 bits per heavy atom. The molecular weight excluding hydrogens is 689 g/mol. The third-order valence-corrected chi connectivity index (χ3v) is 8.81. The molecule has 3 rings (SSSR count). The monoisotopic (exact) mass is 751 g/mol. The molecule has 0 fully saturated rings. The lowest BCUT2D eigenvalue weighted by Gasteiger charge is -2.41. The van der Waals surface area contributed by atoms with Crippen LogP contribution in [-0.2, 0) is 25.7 Å². The van der Waals surface area contributed by atoms with E-state index in [9.17, 15) is 24.3 Å². The highest BCUT2D eigenvalue weighted by molar-refractivity contribution is 5.87. The Balaban J connectivity index is 0.00000495. The fraction of sp³-hybridized carbons (Fsp3) is 0.512. The largest absolute Gasteiger partial charge is 0.387 e. The van der Waals surface area contributed by atoms with Gasteiger partial charge in [-0.15, -0.1) is 0 Å². The fourth-order valence-corrected chi connectivity index (χ4v) is 6.28. The molecule has 4 amide bonds. The van der Waals surface area contributed by atoms with Crippen molar-refractivity contribution in [2.24, 2.45) is 16.9 Å². The number of carbonyl (C=O) groups is 4. The molecule has 12 nitrogen and oxygen atoms in total. The Bertz CT molecular complexity index is 1640. The molecule has 13 heteroatoms. The summed E-state index contributed by atoms with van der Waals surface area (Å²) in [5, 5.41) is 18.2. The average molecular weight is 752 g/mol. The number of nitrogens with zero attached hydrogens (tertiary/aromatic N) is 2. The SMILES string of the molecule is CC.CC(=O)NC(CCCCN)C(=O)NCCNC(=O)C(N)CCN(C(=O)CO)C(c1cc(-c2cc(C)ccc2F)cn1Cc1ccccc1)C(C)(C)C. The van der Waals surface area contributed by atoms with E-state index in [1.807, 2.05) is 88.7 Å². The molecule has 0 spiro atoms. The summed E-state index contributed by atoms with van der Waals surface area (Å²) in [6.45, 7) is 13.7. The zero-order chi connectivity index (χ0) is 40.4. The summed E-state index contributed by atoms with van der Waals surface area (Å²) in [5.74, 6) is -2.05. The molecule has 0 aliphatic heterocycles. The first-order valence-corrected chi connectivity index (χ1v) is 18.8. The summed E-state index contributed by atoms with van der Waals surface area (Å²) in [6.07, 6.45) is 3.82. The Morgan fingerprint density at radius 1 is 0.944 bits per heavy atom. The lowest BCUT2D eigenvalue weighted by atomic mass is 9.82. The van der Waals surface area contributed by atoms with E-state index in [1.165, 1.54) is 13.0 Å². The number of aromatic nitrogens is 1. The predicted octanol–water partition coefficient (Wildman–Crippen LogP) is 4.17. The molecule has 0 bridgehead atoms. The second-order valence-electron chi connectivity index (χ2n) is 14.3.